The maximum Gasteiger partial charge on any atom is 0.167 e. The standard InChI is InChI=1S/C27H22ClOP/c28-24-18-16-23(17-19-24)21-27(20-22-10-4-1-5-11-22)30(29,25-12-6-2-7-13-25)26-14-8-3-9-15-26/h1-20H,21H2/b27-20+. The van der Waals surface area contributed by atoms with Crippen LogP contribution >= 0.6 is 18.7 Å². The summed E-state index contributed by atoms with van der Waals surface area (Å²) in [6.45, 7) is 0. The molecule has 0 heterocycles. The maximum absolute atomic E-state index is 14.9. The summed E-state index contributed by atoms with van der Waals surface area (Å²) in [6.07, 6.45) is 2.66. The Bertz CT molecular complexity index is 1120. The van der Waals surface area contributed by atoms with Crippen molar-refractivity contribution < 1.29 is 4.57 Å². The lowest BCUT2D eigenvalue weighted by atomic mass is 10.1. The molecule has 0 amide bonds. The number of allylic oxidation sites excluding steroid dienone is 1. The number of rotatable bonds is 6. The Kier molecular flexibility index (Phi) is 6.33. The van der Waals surface area contributed by atoms with Crippen LogP contribution in [-0.4, -0.2) is 0 Å². The Morgan fingerprint density at radius 2 is 1.13 bits per heavy atom. The van der Waals surface area contributed by atoms with Crippen LogP contribution in [0.3, 0.4) is 0 Å². The van der Waals surface area contributed by atoms with Gasteiger partial charge in [-0.2, -0.15) is 0 Å². The molecule has 0 radical (unpaired) electrons. The minimum Gasteiger partial charge on any atom is -0.309 e. The van der Waals surface area contributed by atoms with Crippen LogP contribution in [0.2, 0.25) is 5.02 Å². The first-order valence-corrected chi connectivity index (χ1v) is 12.0. The van der Waals surface area contributed by atoms with Crippen LogP contribution in [0.25, 0.3) is 6.08 Å². The van der Waals surface area contributed by atoms with Crippen molar-refractivity contribution in [1.82, 2.24) is 0 Å². The Morgan fingerprint density at radius 3 is 1.63 bits per heavy atom. The molecule has 0 spiro atoms. The largest absolute Gasteiger partial charge is 0.309 e. The molecule has 0 N–H and O–H groups in total. The van der Waals surface area contributed by atoms with Crippen molar-refractivity contribution >= 4 is 35.4 Å². The van der Waals surface area contributed by atoms with Crippen molar-refractivity contribution in [3.63, 3.8) is 0 Å². The summed E-state index contributed by atoms with van der Waals surface area (Å²) < 4.78 is 14.9. The molecule has 0 aliphatic carbocycles. The highest BCUT2D eigenvalue weighted by Gasteiger charge is 2.31. The SMILES string of the molecule is O=P(/C(=C/c1ccccc1)Cc1ccc(Cl)cc1)(c1ccccc1)c1ccccc1. The molecule has 4 aromatic rings. The van der Waals surface area contributed by atoms with Gasteiger partial charge in [0, 0.05) is 27.4 Å². The van der Waals surface area contributed by atoms with Gasteiger partial charge in [-0.25, -0.2) is 0 Å². The zero-order valence-electron chi connectivity index (χ0n) is 16.5. The van der Waals surface area contributed by atoms with Gasteiger partial charge in [-0.3, -0.25) is 0 Å². The van der Waals surface area contributed by atoms with Crippen LogP contribution in [0.15, 0.2) is 121 Å². The van der Waals surface area contributed by atoms with Gasteiger partial charge in [-0.1, -0.05) is 115 Å². The second-order valence-corrected chi connectivity index (χ2v) is 10.4. The quantitative estimate of drug-likeness (QED) is 0.304. The first kappa shape index (κ1) is 20.4. The molecule has 148 valence electrons. The summed E-state index contributed by atoms with van der Waals surface area (Å²) in [5, 5.41) is 3.27. The molecule has 0 bridgehead atoms. The molecule has 0 aliphatic rings. The summed E-state index contributed by atoms with van der Waals surface area (Å²) >= 11 is 6.09. The summed E-state index contributed by atoms with van der Waals surface area (Å²) in [6, 6.07) is 37.4. The lowest BCUT2D eigenvalue weighted by Crippen LogP contribution is -2.18. The summed E-state index contributed by atoms with van der Waals surface area (Å²) in [7, 11) is -3.05. The molecule has 0 aromatic heterocycles. The molecule has 1 nitrogen and oxygen atoms in total. The second-order valence-electron chi connectivity index (χ2n) is 7.13. The van der Waals surface area contributed by atoms with E-state index in [9.17, 15) is 4.57 Å². The lowest BCUT2D eigenvalue weighted by molar-refractivity contribution is 0.590. The van der Waals surface area contributed by atoms with Gasteiger partial charge >= 0.3 is 0 Å². The third-order valence-corrected chi connectivity index (χ3v) is 8.47. The molecule has 0 saturated heterocycles. The Labute approximate surface area is 183 Å². The summed E-state index contributed by atoms with van der Waals surface area (Å²) in [5.74, 6) is 0. The minimum atomic E-state index is -3.05. The summed E-state index contributed by atoms with van der Waals surface area (Å²) in [5.41, 5.74) is 2.11. The Hall–Kier alpha value is -2.86. The third kappa shape index (κ3) is 4.49. The normalized spacial score (nSPS) is 12.0. The van der Waals surface area contributed by atoms with Crippen molar-refractivity contribution in [2.24, 2.45) is 0 Å². The van der Waals surface area contributed by atoms with Gasteiger partial charge in [0.1, 0.15) is 0 Å². The average molecular weight is 429 g/mol. The van der Waals surface area contributed by atoms with Crippen LogP contribution in [-0.2, 0) is 11.0 Å². The van der Waals surface area contributed by atoms with Gasteiger partial charge in [0.2, 0.25) is 0 Å². The van der Waals surface area contributed by atoms with Gasteiger partial charge in [-0.05, 0) is 29.3 Å². The fourth-order valence-corrected chi connectivity index (χ4v) is 6.57. The molecule has 30 heavy (non-hydrogen) atoms. The van der Waals surface area contributed by atoms with E-state index in [0.717, 1.165) is 27.1 Å². The van der Waals surface area contributed by atoms with E-state index in [-0.39, 0.29) is 0 Å². The summed E-state index contributed by atoms with van der Waals surface area (Å²) in [4.78, 5) is 0. The predicted molar refractivity (Wildman–Crippen MR) is 129 cm³/mol. The van der Waals surface area contributed by atoms with E-state index < -0.39 is 7.14 Å². The molecule has 0 aliphatic heterocycles. The molecular weight excluding hydrogens is 407 g/mol. The van der Waals surface area contributed by atoms with E-state index in [1.807, 2.05) is 115 Å². The highest BCUT2D eigenvalue weighted by molar-refractivity contribution is 7.82. The maximum atomic E-state index is 14.9. The van der Waals surface area contributed by atoms with Gasteiger partial charge < -0.3 is 4.57 Å². The van der Waals surface area contributed by atoms with E-state index in [2.05, 4.69) is 6.08 Å². The van der Waals surface area contributed by atoms with Crippen molar-refractivity contribution in [1.29, 1.82) is 0 Å². The van der Waals surface area contributed by atoms with Gasteiger partial charge in [-0.15, -0.1) is 0 Å². The van der Waals surface area contributed by atoms with E-state index >= 15 is 0 Å². The highest BCUT2D eigenvalue weighted by Crippen LogP contribution is 2.53. The van der Waals surface area contributed by atoms with Crippen molar-refractivity contribution in [3.05, 3.63) is 137 Å². The van der Waals surface area contributed by atoms with E-state index in [4.69, 9.17) is 11.6 Å². The smallest absolute Gasteiger partial charge is 0.167 e. The molecule has 4 rings (SSSR count). The Morgan fingerprint density at radius 1 is 0.667 bits per heavy atom. The molecule has 0 unspecified atom stereocenters. The molecule has 0 fully saturated rings. The fraction of sp³-hybridized carbons (Fsp3) is 0.0370. The zero-order chi connectivity index (χ0) is 20.8. The minimum absolute atomic E-state index is 0.577. The van der Waals surface area contributed by atoms with Crippen LogP contribution in [0.4, 0.5) is 0 Å². The first-order valence-electron chi connectivity index (χ1n) is 9.88. The van der Waals surface area contributed by atoms with E-state index in [0.29, 0.717) is 11.4 Å². The van der Waals surface area contributed by atoms with Crippen LogP contribution < -0.4 is 10.6 Å². The molecule has 4 aromatic carbocycles. The number of benzene rings is 4. The van der Waals surface area contributed by atoms with Crippen LogP contribution in [0.1, 0.15) is 11.1 Å². The van der Waals surface area contributed by atoms with E-state index in [1.54, 1.807) is 0 Å². The van der Waals surface area contributed by atoms with Gasteiger partial charge in [0.05, 0.1) is 0 Å². The average Bonchev–Trinajstić information content (AvgIpc) is 2.81. The Balaban J connectivity index is 1.92. The molecule has 3 heteroatoms. The fourth-order valence-electron chi connectivity index (χ4n) is 3.56. The first-order chi connectivity index (χ1) is 14.7. The highest BCUT2D eigenvalue weighted by atomic mass is 35.5. The van der Waals surface area contributed by atoms with Crippen molar-refractivity contribution in [3.8, 4) is 0 Å². The van der Waals surface area contributed by atoms with Crippen LogP contribution in [0, 0.1) is 0 Å². The zero-order valence-corrected chi connectivity index (χ0v) is 18.1. The van der Waals surface area contributed by atoms with Gasteiger partial charge in [0.15, 0.2) is 7.14 Å². The van der Waals surface area contributed by atoms with Crippen LogP contribution in [0.5, 0.6) is 0 Å². The third-order valence-electron chi connectivity index (χ3n) is 5.08. The monoisotopic (exact) mass is 428 g/mol. The topological polar surface area (TPSA) is 17.1 Å². The lowest BCUT2D eigenvalue weighted by Gasteiger charge is -2.23. The van der Waals surface area contributed by atoms with Gasteiger partial charge in [0.25, 0.3) is 0 Å². The predicted octanol–water partition coefficient (Wildman–Crippen LogP) is 6.94. The number of hydrogen-bond donors (Lipinski definition) is 0. The molecular formula is C27H22ClOP. The molecule has 0 atom stereocenters. The number of halogens is 1. The second kappa shape index (κ2) is 9.30. The molecule has 0 saturated carbocycles. The van der Waals surface area contributed by atoms with Crippen molar-refractivity contribution in [2.75, 3.05) is 0 Å². The number of hydrogen-bond acceptors (Lipinski definition) is 1. The van der Waals surface area contributed by atoms with E-state index in [1.165, 1.54) is 0 Å². The van der Waals surface area contributed by atoms with Crippen molar-refractivity contribution in [2.45, 2.75) is 6.42 Å².